The lowest BCUT2D eigenvalue weighted by Gasteiger charge is -2.08. The molecule has 0 aromatic carbocycles. The van der Waals surface area contributed by atoms with Gasteiger partial charge in [-0.3, -0.25) is 4.79 Å². The van der Waals surface area contributed by atoms with E-state index in [0.29, 0.717) is 17.9 Å². The van der Waals surface area contributed by atoms with Crippen molar-refractivity contribution in [2.75, 3.05) is 0 Å². The molecule has 0 aromatic heterocycles. The SMILES string of the molecule is CC.O=C1NC2CCC1C2. The Morgan fingerprint density at radius 2 is 2.10 bits per heavy atom. The van der Waals surface area contributed by atoms with Crippen molar-refractivity contribution in [1.82, 2.24) is 5.32 Å². The Morgan fingerprint density at radius 1 is 1.40 bits per heavy atom. The Balaban J connectivity index is 0.000000231. The van der Waals surface area contributed by atoms with Gasteiger partial charge in [0, 0.05) is 12.0 Å². The number of piperidine rings is 1. The van der Waals surface area contributed by atoms with E-state index in [1.54, 1.807) is 0 Å². The Morgan fingerprint density at radius 3 is 2.30 bits per heavy atom. The molecule has 2 aliphatic rings. The predicted octanol–water partition coefficient (Wildman–Crippen LogP) is 1.31. The fourth-order valence-electron chi connectivity index (χ4n) is 1.67. The third-order valence-corrected chi connectivity index (χ3v) is 2.15. The molecule has 2 heteroatoms. The molecule has 2 atom stereocenters. The van der Waals surface area contributed by atoms with Crippen LogP contribution in [0.1, 0.15) is 33.1 Å². The van der Waals surface area contributed by atoms with E-state index in [1.807, 2.05) is 13.8 Å². The molecular formula is C8H15NO. The first-order valence-corrected chi connectivity index (χ1v) is 4.16. The van der Waals surface area contributed by atoms with Crippen LogP contribution in [0.5, 0.6) is 0 Å². The zero-order valence-electron chi connectivity index (χ0n) is 6.68. The van der Waals surface area contributed by atoms with E-state index in [4.69, 9.17) is 0 Å². The van der Waals surface area contributed by atoms with Crippen molar-refractivity contribution in [3.63, 3.8) is 0 Å². The highest BCUT2D eigenvalue weighted by molar-refractivity contribution is 5.82. The number of hydrogen-bond donors (Lipinski definition) is 1. The van der Waals surface area contributed by atoms with Crippen LogP contribution in [0.3, 0.4) is 0 Å². The highest BCUT2D eigenvalue weighted by atomic mass is 16.2. The van der Waals surface area contributed by atoms with Gasteiger partial charge in [0.25, 0.3) is 0 Å². The molecule has 1 N–H and O–H groups in total. The standard InChI is InChI=1S/C6H9NO.C2H6/c8-6-4-1-2-5(3-4)7-6;1-2/h4-5H,1-3H2,(H,7,8);1-2H3. The van der Waals surface area contributed by atoms with Crippen LogP contribution in [0.15, 0.2) is 0 Å². The fraction of sp³-hybridized carbons (Fsp3) is 0.875. The summed E-state index contributed by atoms with van der Waals surface area (Å²) in [6.07, 6.45) is 3.46. The van der Waals surface area contributed by atoms with Gasteiger partial charge in [-0.1, -0.05) is 13.8 Å². The molecule has 1 heterocycles. The summed E-state index contributed by atoms with van der Waals surface area (Å²) in [7, 11) is 0. The highest BCUT2D eigenvalue weighted by Gasteiger charge is 2.37. The summed E-state index contributed by atoms with van der Waals surface area (Å²) >= 11 is 0. The van der Waals surface area contributed by atoms with Crippen LogP contribution in [-0.4, -0.2) is 11.9 Å². The molecule has 0 spiro atoms. The zero-order valence-corrected chi connectivity index (χ0v) is 6.68. The van der Waals surface area contributed by atoms with Gasteiger partial charge in [-0.2, -0.15) is 0 Å². The molecule has 2 bridgehead atoms. The minimum Gasteiger partial charge on any atom is -0.353 e. The van der Waals surface area contributed by atoms with Crippen molar-refractivity contribution >= 4 is 5.91 Å². The predicted molar refractivity (Wildman–Crippen MR) is 40.6 cm³/mol. The smallest absolute Gasteiger partial charge is 0.223 e. The number of amides is 1. The zero-order chi connectivity index (χ0) is 7.56. The summed E-state index contributed by atoms with van der Waals surface area (Å²) in [6, 6.07) is 0.549. The van der Waals surface area contributed by atoms with E-state index in [-0.39, 0.29) is 0 Å². The summed E-state index contributed by atoms with van der Waals surface area (Å²) in [5, 5.41) is 2.91. The molecule has 0 radical (unpaired) electrons. The largest absolute Gasteiger partial charge is 0.353 e. The summed E-state index contributed by atoms with van der Waals surface area (Å²) in [4.78, 5) is 10.7. The lowest BCUT2D eigenvalue weighted by Crippen LogP contribution is -2.30. The van der Waals surface area contributed by atoms with Crippen LogP contribution in [0.2, 0.25) is 0 Å². The first kappa shape index (κ1) is 7.58. The van der Waals surface area contributed by atoms with E-state index < -0.39 is 0 Å². The van der Waals surface area contributed by atoms with Gasteiger partial charge in [0.05, 0.1) is 0 Å². The molecule has 0 aromatic rings. The van der Waals surface area contributed by atoms with Crippen LogP contribution < -0.4 is 5.32 Å². The van der Waals surface area contributed by atoms with E-state index >= 15 is 0 Å². The van der Waals surface area contributed by atoms with Crippen molar-refractivity contribution < 1.29 is 4.79 Å². The maximum atomic E-state index is 10.7. The van der Waals surface area contributed by atoms with E-state index in [0.717, 1.165) is 12.8 Å². The molecule has 1 aliphatic carbocycles. The maximum absolute atomic E-state index is 10.7. The summed E-state index contributed by atoms with van der Waals surface area (Å²) in [6.45, 7) is 4.00. The van der Waals surface area contributed by atoms with Crippen molar-refractivity contribution in [1.29, 1.82) is 0 Å². The molecule has 10 heavy (non-hydrogen) atoms. The Kier molecular flexibility index (Phi) is 2.30. The number of carbonyl (C=O) groups is 1. The van der Waals surface area contributed by atoms with Gasteiger partial charge in [-0.25, -0.2) is 0 Å². The van der Waals surface area contributed by atoms with Crippen molar-refractivity contribution in [3.8, 4) is 0 Å². The average molecular weight is 141 g/mol. The molecule has 58 valence electrons. The highest BCUT2D eigenvalue weighted by Crippen LogP contribution is 2.31. The van der Waals surface area contributed by atoms with E-state index in [2.05, 4.69) is 5.32 Å². The van der Waals surface area contributed by atoms with Gasteiger partial charge < -0.3 is 5.32 Å². The Bertz CT molecular complexity index is 133. The van der Waals surface area contributed by atoms with Crippen LogP contribution in [0, 0.1) is 5.92 Å². The van der Waals surface area contributed by atoms with Crippen LogP contribution in [-0.2, 0) is 4.79 Å². The minimum atomic E-state index is 0.293. The van der Waals surface area contributed by atoms with Crippen LogP contribution >= 0.6 is 0 Å². The first-order chi connectivity index (χ1) is 4.86. The lowest BCUT2D eigenvalue weighted by molar-refractivity contribution is -0.123. The molecule has 2 fully saturated rings. The number of carbonyl (C=O) groups excluding carboxylic acids is 1. The normalized spacial score (nSPS) is 34.8. The summed E-state index contributed by atoms with van der Waals surface area (Å²) < 4.78 is 0. The fourth-order valence-corrected chi connectivity index (χ4v) is 1.67. The molecule has 1 saturated carbocycles. The second-order valence-corrected chi connectivity index (χ2v) is 2.72. The van der Waals surface area contributed by atoms with Gasteiger partial charge in [0.2, 0.25) is 5.91 Å². The third kappa shape index (κ3) is 1.15. The monoisotopic (exact) mass is 141 g/mol. The van der Waals surface area contributed by atoms with Gasteiger partial charge in [-0.15, -0.1) is 0 Å². The number of hydrogen-bond acceptors (Lipinski definition) is 1. The molecule has 1 amide bonds. The molecule has 1 aliphatic heterocycles. The van der Waals surface area contributed by atoms with Gasteiger partial charge in [0.15, 0.2) is 0 Å². The second-order valence-electron chi connectivity index (χ2n) is 2.72. The number of rotatable bonds is 0. The lowest BCUT2D eigenvalue weighted by atomic mass is 10.1. The first-order valence-electron chi connectivity index (χ1n) is 4.16. The van der Waals surface area contributed by atoms with E-state index in [9.17, 15) is 4.79 Å². The van der Waals surface area contributed by atoms with Crippen molar-refractivity contribution in [3.05, 3.63) is 0 Å². The number of fused-ring (bicyclic) bond motifs is 2. The summed E-state index contributed by atoms with van der Waals surface area (Å²) in [5.41, 5.74) is 0. The van der Waals surface area contributed by atoms with Gasteiger partial charge in [0.1, 0.15) is 0 Å². The molecule has 2 rings (SSSR count). The molecule has 2 unspecified atom stereocenters. The molecule has 1 saturated heterocycles. The Labute approximate surface area is 62.0 Å². The van der Waals surface area contributed by atoms with Crippen molar-refractivity contribution in [2.24, 2.45) is 5.92 Å². The average Bonchev–Trinajstić information content (AvgIpc) is 2.52. The quantitative estimate of drug-likeness (QED) is 0.541. The summed E-state index contributed by atoms with van der Waals surface area (Å²) in [5.74, 6) is 0.682. The van der Waals surface area contributed by atoms with E-state index in [1.165, 1.54) is 6.42 Å². The minimum absolute atomic E-state index is 0.293. The molecule has 2 nitrogen and oxygen atoms in total. The van der Waals surface area contributed by atoms with Crippen LogP contribution in [0.4, 0.5) is 0 Å². The topological polar surface area (TPSA) is 29.1 Å². The third-order valence-electron chi connectivity index (χ3n) is 2.15. The molecular weight excluding hydrogens is 126 g/mol. The van der Waals surface area contributed by atoms with Crippen molar-refractivity contribution in [2.45, 2.75) is 39.2 Å². The van der Waals surface area contributed by atoms with Gasteiger partial charge in [-0.05, 0) is 19.3 Å². The second kappa shape index (κ2) is 3.04. The van der Waals surface area contributed by atoms with Crippen LogP contribution in [0.25, 0.3) is 0 Å². The Hall–Kier alpha value is -0.530. The van der Waals surface area contributed by atoms with Gasteiger partial charge >= 0.3 is 0 Å². The maximum Gasteiger partial charge on any atom is 0.223 e. The number of nitrogens with one attached hydrogen (secondary N) is 1.